The Balaban J connectivity index is 2.29. The molecule has 3 rings (SSSR count). The van der Waals surface area contributed by atoms with Crippen molar-refractivity contribution >= 4 is 23.2 Å². The van der Waals surface area contributed by atoms with Crippen LogP contribution in [0.5, 0.6) is 0 Å². The van der Waals surface area contributed by atoms with Gasteiger partial charge in [-0.2, -0.15) is 0 Å². The Hall–Kier alpha value is -2.47. The maximum atomic E-state index is 11.8. The van der Waals surface area contributed by atoms with E-state index in [9.17, 15) is 4.79 Å². The molecule has 3 heterocycles. The molecule has 0 aromatic carbocycles. The van der Waals surface area contributed by atoms with Gasteiger partial charge in [-0.15, -0.1) is 16.7 Å². The highest BCUT2D eigenvalue weighted by atomic mass is 35.5. The van der Waals surface area contributed by atoms with Crippen molar-refractivity contribution < 1.29 is 9.53 Å². The number of nitrogens with zero attached hydrogens (tertiary/aromatic N) is 4. The van der Waals surface area contributed by atoms with Gasteiger partial charge in [-0.25, -0.2) is 14.3 Å². The van der Waals surface area contributed by atoms with Gasteiger partial charge in [0.25, 0.3) is 0 Å². The molecule has 0 unspecified atom stereocenters. The minimum absolute atomic E-state index is 0.165. The van der Waals surface area contributed by atoms with Crippen LogP contribution in [0.1, 0.15) is 16.2 Å². The molecule has 3 aromatic heterocycles. The number of pyridine rings is 2. The zero-order chi connectivity index (χ0) is 14.8. The Morgan fingerprint density at radius 1 is 1.29 bits per heavy atom. The van der Waals surface area contributed by atoms with Crippen LogP contribution < -0.4 is 0 Å². The van der Waals surface area contributed by atoms with E-state index in [4.69, 9.17) is 16.3 Å². The molecule has 0 aliphatic heterocycles. The van der Waals surface area contributed by atoms with Crippen molar-refractivity contribution in [1.29, 1.82) is 0 Å². The maximum Gasteiger partial charge on any atom is 0.341 e. The molecule has 0 saturated heterocycles. The first-order valence-electron chi connectivity index (χ1n) is 6.18. The van der Waals surface area contributed by atoms with Crippen LogP contribution in [0.2, 0.25) is 0 Å². The summed E-state index contributed by atoms with van der Waals surface area (Å²) in [5.41, 5.74) is 2.48. The third-order valence-electron chi connectivity index (χ3n) is 3.03. The normalized spacial score (nSPS) is 10.8. The number of aromatic nitrogens is 4. The molecule has 6 nitrogen and oxygen atoms in total. The van der Waals surface area contributed by atoms with Crippen LogP contribution in [0.3, 0.4) is 0 Å². The first kappa shape index (κ1) is 13.5. The predicted molar refractivity (Wildman–Crippen MR) is 77.1 cm³/mol. The number of carbonyl (C=O) groups excluding carboxylic acids is 1. The summed E-state index contributed by atoms with van der Waals surface area (Å²) < 4.78 is 6.37. The molecule has 0 N–H and O–H groups in total. The molecule has 0 fully saturated rings. The Labute approximate surface area is 125 Å². The quantitative estimate of drug-likeness (QED) is 0.548. The number of hydrogen-bond donors (Lipinski definition) is 0. The van der Waals surface area contributed by atoms with Crippen molar-refractivity contribution in [2.45, 2.75) is 5.88 Å². The lowest BCUT2D eigenvalue weighted by Gasteiger charge is -2.06. The second-order valence-corrected chi connectivity index (χ2v) is 4.52. The first-order chi connectivity index (χ1) is 10.2. The van der Waals surface area contributed by atoms with Gasteiger partial charge in [-0.05, 0) is 24.3 Å². The molecule has 0 atom stereocenters. The average Bonchev–Trinajstić information content (AvgIpc) is 2.98. The van der Waals surface area contributed by atoms with Crippen LogP contribution in [-0.4, -0.2) is 32.7 Å². The Bertz CT molecular complexity index is 801. The SMILES string of the molecule is COC(=O)c1ccc(-c2ccncc2)n2nc(CCl)nc12. The fraction of sp³-hybridized carbons (Fsp3) is 0.143. The lowest BCUT2D eigenvalue weighted by atomic mass is 10.1. The van der Waals surface area contributed by atoms with E-state index < -0.39 is 5.97 Å². The van der Waals surface area contributed by atoms with Crippen LogP contribution in [0, 0.1) is 0 Å². The monoisotopic (exact) mass is 302 g/mol. The van der Waals surface area contributed by atoms with Crippen LogP contribution >= 0.6 is 11.6 Å². The third-order valence-corrected chi connectivity index (χ3v) is 3.27. The maximum absolute atomic E-state index is 11.8. The molecule has 0 aliphatic carbocycles. The Morgan fingerprint density at radius 3 is 2.71 bits per heavy atom. The van der Waals surface area contributed by atoms with Gasteiger partial charge in [-0.1, -0.05) is 0 Å². The summed E-state index contributed by atoms with van der Waals surface area (Å²) >= 11 is 5.80. The molecule has 0 aliphatic rings. The number of hydrogen-bond acceptors (Lipinski definition) is 5. The summed E-state index contributed by atoms with van der Waals surface area (Å²) in [5.74, 6) is 0.149. The van der Waals surface area contributed by atoms with Crippen molar-refractivity contribution in [3.63, 3.8) is 0 Å². The summed E-state index contributed by atoms with van der Waals surface area (Å²) in [6.07, 6.45) is 3.38. The first-order valence-corrected chi connectivity index (χ1v) is 6.71. The van der Waals surface area contributed by atoms with Gasteiger partial charge in [0.1, 0.15) is 5.56 Å². The standard InChI is InChI=1S/C14H11ClN4O2/c1-21-14(20)10-2-3-11(9-4-6-16-7-5-9)19-13(10)17-12(8-15)18-19/h2-7H,8H2,1H3. The van der Waals surface area contributed by atoms with Gasteiger partial charge >= 0.3 is 5.97 Å². The molecule has 7 heteroatoms. The summed E-state index contributed by atoms with van der Waals surface area (Å²) in [7, 11) is 1.33. The minimum Gasteiger partial charge on any atom is -0.465 e. The predicted octanol–water partition coefficient (Wildman–Crippen LogP) is 2.32. The summed E-state index contributed by atoms with van der Waals surface area (Å²) in [6.45, 7) is 0. The highest BCUT2D eigenvalue weighted by Gasteiger charge is 2.17. The van der Waals surface area contributed by atoms with Crippen LogP contribution in [0.25, 0.3) is 16.9 Å². The lowest BCUT2D eigenvalue weighted by Crippen LogP contribution is -2.06. The van der Waals surface area contributed by atoms with Gasteiger partial charge in [0.05, 0.1) is 18.7 Å². The molecule has 21 heavy (non-hydrogen) atoms. The zero-order valence-corrected chi connectivity index (χ0v) is 11.9. The number of fused-ring (bicyclic) bond motifs is 1. The topological polar surface area (TPSA) is 69.4 Å². The average molecular weight is 303 g/mol. The van der Waals surface area contributed by atoms with E-state index in [1.165, 1.54) is 7.11 Å². The summed E-state index contributed by atoms with van der Waals surface area (Å²) in [5, 5.41) is 4.33. The van der Waals surface area contributed by atoms with E-state index in [0.717, 1.165) is 11.3 Å². The lowest BCUT2D eigenvalue weighted by molar-refractivity contribution is 0.0602. The molecule has 0 radical (unpaired) electrons. The number of rotatable bonds is 3. The number of halogens is 1. The van der Waals surface area contributed by atoms with Gasteiger partial charge in [-0.3, -0.25) is 4.98 Å². The number of alkyl halides is 1. The highest BCUT2D eigenvalue weighted by molar-refractivity contribution is 6.16. The summed E-state index contributed by atoms with van der Waals surface area (Å²) in [4.78, 5) is 20.1. The molecule has 3 aromatic rings. The molecular formula is C14H11ClN4O2. The van der Waals surface area contributed by atoms with Crippen molar-refractivity contribution in [1.82, 2.24) is 19.6 Å². The highest BCUT2D eigenvalue weighted by Crippen LogP contribution is 2.22. The van der Waals surface area contributed by atoms with Crippen LogP contribution in [-0.2, 0) is 10.6 Å². The molecule has 0 bridgehead atoms. The van der Waals surface area contributed by atoms with Crippen molar-refractivity contribution in [3.8, 4) is 11.3 Å². The summed E-state index contributed by atoms with van der Waals surface area (Å²) in [6, 6.07) is 7.17. The molecule has 0 saturated carbocycles. The number of esters is 1. The van der Waals surface area contributed by atoms with Gasteiger partial charge in [0.2, 0.25) is 0 Å². The van der Waals surface area contributed by atoms with E-state index in [0.29, 0.717) is 17.0 Å². The third kappa shape index (κ3) is 2.34. The van der Waals surface area contributed by atoms with E-state index in [1.807, 2.05) is 12.1 Å². The Kier molecular flexibility index (Phi) is 3.53. The van der Waals surface area contributed by atoms with Crippen molar-refractivity contribution in [3.05, 3.63) is 48.0 Å². The van der Waals surface area contributed by atoms with E-state index in [1.54, 1.807) is 29.0 Å². The number of methoxy groups -OCH3 is 1. The van der Waals surface area contributed by atoms with Gasteiger partial charge < -0.3 is 4.74 Å². The largest absolute Gasteiger partial charge is 0.465 e. The van der Waals surface area contributed by atoms with E-state index >= 15 is 0 Å². The second kappa shape index (κ2) is 5.49. The second-order valence-electron chi connectivity index (χ2n) is 4.26. The molecule has 106 valence electrons. The van der Waals surface area contributed by atoms with Crippen LogP contribution in [0.15, 0.2) is 36.7 Å². The van der Waals surface area contributed by atoms with E-state index in [-0.39, 0.29) is 5.88 Å². The van der Waals surface area contributed by atoms with Gasteiger partial charge in [0, 0.05) is 18.0 Å². The number of ether oxygens (including phenoxy) is 1. The van der Waals surface area contributed by atoms with E-state index in [2.05, 4.69) is 15.1 Å². The van der Waals surface area contributed by atoms with Crippen molar-refractivity contribution in [2.24, 2.45) is 0 Å². The molecular weight excluding hydrogens is 292 g/mol. The van der Waals surface area contributed by atoms with Crippen molar-refractivity contribution in [2.75, 3.05) is 7.11 Å². The Morgan fingerprint density at radius 2 is 2.05 bits per heavy atom. The fourth-order valence-electron chi connectivity index (χ4n) is 2.07. The minimum atomic E-state index is -0.463. The smallest absolute Gasteiger partial charge is 0.341 e. The molecule has 0 amide bonds. The number of carbonyl (C=O) groups is 1. The van der Waals surface area contributed by atoms with Crippen LogP contribution in [0.4, 0.5) is 0 Å². The zero-order valence-electron chi connectivity index (χ0n) is 11.2. The van der Waals surface area contributed by atoms with Gasteiger partial charge in [0.15, 0.2) is 11.5 Å². The fourth-order valence-corrected chi connectivity index (χ4v) is 2.18. The molecule has 0 spiro atoms.